The molecule has 2 aromatic heterocycles. The Morgan fingerprint density at radius 3 is 2.76 bits per heavy atom. The van der Waals surface area contributed by atoms with Crippen LogP contribution in [0.25, 0.3) is 11.0 Å². The molecule has 0 bridgehead atoms. The number of carbonyl (C=O) groups is 1. The van der Waals surface area contributed by atoms with E-state index < -0.39 is 17.5 Å². The fraction of sp³-hybridized carbons (Fsp3) is 0.167. The lowest BCUT2D eigenvalue weighted by molar-refractivity contribution is -0.135. The molecule has 0 N–H and O–H groups in total. The van der Waals surface area contributed by atoms with Crippen molar-refractivity contribution >= 4 is 28.5 Å². The highest BCUT2D eigenvalue weighted by Crippen LogP contribution is 2.36. The molecule has 4 rings (SSSR count). The van der Waals surface area contributed by atoms with Gasteiger partial charge in [-0.15, -0.1) is 0 Å². The van der Waals surface area contributed by atoms with Crippen molar-refractivity contribution in [2.75, 3.05) is 0 Å². The normalized spacial score (nSPS) is 16.6. The van der Waals surface area contributed by atoms with Crippen molar-refractivity contribution in [2.45, 2.75) is 19.3 Å². The minimum atomic E-state index is -0.798. The highest BCUT2D eigenvalue weighted by Gasteiger charge is 2.34. The molecule has 25 heavy (non-hydrogen) atoms. The van der Waals surface area contributed by atoms with Crippen molar-refractivity contribution in [3.63, 3.8) is 0 Å². The van der Waals surface area contributed by atoms with Crippen molar-refractivity contribution in [1.29, 1.82) is 0 Å². The first-order chi connectivity index (χ1) is 11.9. The van der Waals surface area contributed by atoms with Crippen LogP contribution < -0.4 is 15.8 Å². The lowest BCUT2D eigenvalue weighted by Crippen LogP contribution is -2.29. The van der Waals surface area contributed by atoms with Crippen LogP contribution in [0.1, 0.15) is 29.2 Å². The van der Waals surface area contributed by atoms with Gasteiger partial charge in [-0.05, 0) is 25.1 Å². The van der Waals surface area contributed by atoms with Crippen LogP contribution in [-0.4, -0.2) is 5.97 Å². The van der Waals surface area contributed by atoms with Crippen LogP contribution in [0.3, 0.4) is 0 Å². The fourth-order valence-electron chi connectivity index (χ4n) is 3.05. The van der Waals surface area contributed by atoms with Crippen molar-refractivity contribution in [1.82, 2.24) is 0 Å². The van der Waals surface area contributed by atoms with Gasteiger partial charge in [-0.25, -0.2) is 4.79 Å². The predicted molar refractivity (Wildman–Crippen MR) is 89.3 cm³/mol. The average molecular weight is 359 g/mol. The molecule has 1 aromatic carbocycles. The summed E-state index contributed by atoms with van der Waals surface area (Å²) in [7, 11) is 0. The van der Waals surface area contributed by atoms with Crippen molar-refractivity contribution in [3.8, 4) is 5.75 Å². The van der Waals surface area contributed by atoms with E-state index >= 15 is 0 Å². The molecule has 1 aliphatic heterocycles. The Bertz CT molecular complexity index is 1140. The van der Waals surface area contributed by atoms with Crippen molar-refractivity contribution < 1.29 is 18.4 Å². The second-order valence-electron chi connectivity index (χ2n) is 5.81. The number of ether oxygens (including phenoxy) is 1. The SMILES string of the molecule is Cc1cc2c(c(=O)o1)[C@H](c1coc3ccc(Cl)cc3c1=O)CC(=O)O2. The number of carbonyl (C=O) groups excluding carboxylic acids is 1. The summed E-state index contributed by atoms with van der Waals surface area (Å²) in [5.41, 5.74) is -0.303. The summed E-state index contributed by atoms with van der Waals surface area (Å²) >= 11 is 5.96. The molecule has 0 saturated carbocycles. The molecule has 0 radical (unpaired) electrons. The maximum absolute atomic E-state index is 12.9. The first-order valence-corrected chi connectivity index (χ1v) is 7.88. The number of halogens is 1. The van der Waals surface area contributed by atoms with Crippen molar-refractivity contribution in [3.05, 3.63) is 73.1 Å². The largest absolute Gasteiger partial charge is 0.464 e. The molecule has 0 fully saturated rings. The first kappa shape index (κ1) is 15.7. The third kappa shape index (κ3) is 2.55. The molecule has 126 valence electrons. The summed E-state index contributed by atoms with van der Waals surface area (Å²) in [5.74, 6) is -0.907. The van der Waals surface area contributed by atoms with Gasteiger partial charge in [0.25, 0.3) is 0 Å². The van der Waals surface area contributed by atoms with Crippen LogP contribution in [-0.2, 0) is 4.79 Å². The summed E-state index contributed by atoms with van der Waals surface area (Å²) in [4.78, 5) is 37.1. The van der Waals surface area contributed by atoms with E-state index in [1.807, 2.05) is 0 Å². The highest BCUT2D eigenvalue weighted by molar-refractivity contribution is 6.31. The van der Waals surface area contributed by atoms with Gasteiger partial charge in [-0.2, -0.15) is 0 Å². The van der Waals surface area contributed by atoms with Gasteiger partial charge >= 0.3 is 11.6 Å². The van der Waals surface area contributed by atoms with Crippen LogP contribution in [0.2, 0.25) is 5.02 Å². The van der Waals surface area contributed by atoms with Crippen LogP contribution in [0.15, 0.2) is 49.0 Å². The van der Waals surface area contributed by atoms with E-state index in [2.05, 4.69) is 0 Å². The van der Waals surface area contributed by atoms with Gasteiger partial charge in [0.1, 0.15) is 17.1 Å². The highest BCUT2D eigenvalue weighted by atomic mass is 35.5. The van der Waals surface area contributed by atoms with Crippen LogP contribution in [0.4, 0.5) is 0 Å². The zero-order chi connectivity index (χ0) is 17.7. The summed E-state index contributed by atoms with van der Waals surface area (Å²) in [6, 6.07) is 6.15. The zero-order valence-corrected chi connectivity index (χ0v) is 13.8. The lowest BCUT2D eigenvalue weighted by Gasteiger charge is -2.22. The number of hydrogen-bond acceptors (Lipinski definition) is 6. The monoisotopic (exact) mass is 358 g/mol. The molecule has 3 aromatic rings. The summed E-state index contributed by atoms with van der Waals surface area (Å²) < 4.78 is 15.7. The molecule has 0 aliphatic carbocycles. The van der Waals surface area contributed by atoms with E-state index in [-0.39, 0.29) is 34.1 Å². The third-order valence-corrected chi connectivity index (χ3v) is 4.39. The fourth-order valence-corrected chi connectivity index (χ4v) is 3.22. The Hall–Kier alpha value is -2.86. The Kier molecular flexibility index (Phi) is 3.51. The number of benzene rings is 1. The summed E-state index contributed by atoms with van der Waals surface area (Å²) in [6.07, 6.45) is 1.11. The van der Waals surface area contributed by atoms with E-state index in [1.54, 1.807) is 19.1 Å². The molecule has 3 heterocycles. The van der Waals surface area contributed by atoms with Gasteiger partial charge in [0.2, 0.25) is 0 Å². The Morgan fingerprint density at radius 2 is 1.96 bits per heavy atom. The van der Waals surface area contributed by atoms with Gasteiger partial charge in [0.15, 0.2) is 5.43 Å². The second kappa shape index (κ2) is 5.60. The van der Waals surface area contributed by atoms with Gasteiger partial charge < -0.3 is 13.6 Å². The predicted octanol–water partition coefficient (Wildman–Crippen LogP) is 3.15. The number of aryl methyl sites for hydroxylation is 1. The van der Waals surface area contributed by atoms with Gasteiger partial charge in [0, 0.05) is 22.6 Å². The molecule has 6 nitrogen and oxygen atoms in total. The quantitative estimate of drug-likeness (QED) is 0.621. The van der Waals surface area contributed by atoms with Gasteiger partial charge in [-0.1, -0.05) is 11.6 Å². The van der Waals surface area contributed by atoms with E-state index in [1.165, 1.54) is 18.4 Å². The molecule has 0 amide bonds. The van der Waals surface area contributed by atoms with Crippen LogP contribution >= 0.6 is 11.6 Å². The minimum Gasteiger partial charge on any atom is -0.464 e. The molecule has 1 aliphatic rings. The van der Waals surface area contributed by atoms with E-state index in [9.17, 15) is 14.4 Å². The molecule has 0 saturated heterocycles. The molecular weight excluding hydrogens is 348 g/mol. The Morgan fingerprint density at radius 1 is 1.16 bits per heavy atom. The second-order valence-corrected chi connectivity index (χ2v) is 6.25. The zero-order valence-electron chi connectivity index (χ0n) is 13.0. The first-order valence-electron chi connectivity index (χ1n) is 7.50. The molecular formula is C18H11ClO6. The van der Waals surface area contributed by atoms with E-state index in [0.29, 0.717) is 16.4 Å². The maximum atomic E-state index is 12.9. The minimum absolute atomic E-state index is 0.112. The maximum Gasteiger partial charge on any atom is 0.343 e. The van der Waals surface area contributed by atoms with Crippen LogP contribution in [0, 0.1) is 6.92 Å². The topological polar surface area (TPSA) is 86.7 Å². The van der Waals surface area contributed by atoms with Gasteiger partial charge in [-0.3, -0.25) is 9.59 Å². The number of esters is 1. The molecule has 0 spiro atoms. The van der Waals surface area contributed by atoms with Crippen LogP contribution in [0.5, 0.6) is 5.75 Å². The molecule has 1 atom stereocenters. The van der Waals surface area contributed by atoms with E-state index in [0.717, 1.165) is 0 Å². The number of fused-ring (bicyclic) bond motifs is 2. The Balaban J connectivity index is 1.99. The molecule has 7 heteroatoms. The molecule has 0 unspecified atom stereocenters. The summed E-state index contributed by atoms with van der Waals surface area (Å²) in [6.45, 7) is 1.57. The average Bonchev–Trinajstić information content (AvgIpc) is 2.54. The number of rotatable bonds is 1. The number of hydrogen-bond donors (Lipinski definition) is 0. The van der Waals surface area contributed by atoms with Crippen molar-refractivity contribution in [2.24, 2.45) is 0 Å². The smallest absolute Gasteiger partial charge is 0.343 e. The van der Waals surface area contributed by atoms with Gasteiger partial charge in [0.05, 0.1) is 23.6 Å². The standard InChI is InChI=1S/C18H11ClO6/c1-8-4-14-16(18(22)24-8)10(6-15(20)25-14)12-7-23-13-3-2-9(19)5-11(13)17(12)21/h2-5,7,10H,6H2,1H3/t10-/m0/s1. The third-order valence-electron chi connectivity index (χ3n) is 4.15. The Labute approximate surface area is 145 Å². The summed E-state index contributed by atoms with van der Waals surface area (Å²) in [5, 5.41) is 0.664. The lowest BCUT2D eigenvalue weighted by atomic mass is 9.87. The van der Waals surface area contributed by atoms with E-state index in [4.69, 9.17) is 25.2 Å².